The maximum Gasteiger partial charge on any atom is 0.253 e. The van der Waals surface area contributed by atoms with Gasteiger partial charge in [0.25, 0.3) is 5.91 Å². The lowest BCUT2D eigenvalue weighted by atomic mass is 10.2. The van der Waals surface area contributed by atoms with Crippen LogP contribution in [0.3, 0.4) is 0 Å². The van der Waals surface area contributed by atoms with Crippen molar-refractivity contribution in [1.82, 2.24) is 9.80 Å². The Morgan fingerprint density at radius 3 is 2.25 bits per heavy atom. The van der Waals surface area contributed by atoms with Gasteiger partial charge in [-0.3, -0.25) is 9.59 Å². The number of carbonyl (C=O) groups excluding carboxylic acids is 2. The molecular weight excluding hydrogens is 252 g/mol. The molecule has 1 aromatic carbocycles. The molecule has 106 valence electrons. The monoisotopic (exact) mass is 272 g/mol. The second-order valence-corrected chi connectivity index (χ2v) is 5.61. The van der Waals surface area contributed by atoms with Gasteiger partial charge in [-0.15, -0.1) is 0 Å². The summed E-state index contributed by atoms with van der Waals surface area (Å²) < 4.78 is 0. The lowest BCUT2D eigenvalue weighted by molar-refractivity contribution is -0.132. The van der Waals surface area contributed by atoms with Crippen LogP contribution < -0.4 is 0 Å². The highest BCUT2D eigenvalue weighted by Crippen LogP contribution is 2.31. The van der Waals surface area contributed by atoms with Crippen molar-refractivity contribution in [2.75, 3.05) is 26.2 Å². The molecule has 1 saturated heterocycles. The maximum atomic E-state index is 12.4. The van der Waals surface area contributed by atoms with Gasteiger partial charge in [-0.05, 0) is 31.4 Å². The average Bonchev–Trinajstić information content (AvgIpc) is 3.33. The van der Waals surface area contributed by atoms with Crippen molar-refractivity contribution >= 4 is 11.8 Å². The smallest absolute Gasteiger partial charge is 0.253 e. The number of carbonyl (C=O) groups is 2. The van der Waals surface area contributed by atoms with E-state index in [9.17, 15) is 9.59 Å². The third kappa shape index (κ3) is 2.84. The number of hydrogen-bond donors (Lipinski definition) is 0. The Balaban J connectivity index is 1.62. The standard InChI is InChI=1S/C16H20N2O2/c19-15(13-5-2-1-3-6-13)17-9-4-10-18(12-11-17)16(20)14-7-8-14/h1-3,5-6,14H,4,7-12H2. The Morgan fingerprint density at radius 2 is 1.55 bits per heavy atom. The normalized spacial score (nSPS) is 19.6. The minimum atomic E-state index is 0.0753. The highest BCUT2D eigenvalue weighted by molar-refractivity contribution is 5.94. The number of rotatable bonds is 2. The molecule has 0 aromatic heterocycles. The van der Waals surface area contributed by atoms with Crippen LogP contribution in [0.4, 0.5) is 0 Å². The summed E-state index contributed by atoms with van der Waals surface area (Å²) in [6.45, 7) is 2.84. The second kappa shape index (κ2) is 5.65. The van der Waals surface area contributed by atoms with Gasteiger partial charge in [0, 0.05) is 37.7 Å². The summed E-state index contributed by atoms with van der Waals surface area (Å²) in [7, 11) is 0. The van der Waals surface area contributed by atoms with Crippen molar-refractivity contribution < 1.29 is 9.59 Å². The lowest BCUT2D eigenvalue weighted by Crippen LogP contribution is -2.37. The largest absolute Gasteiger partial charge is 0.341 e. The highest BCUT2D eigenvalue weighted by atomic mass is 16.2. The van der Waals surface area contributed by atoms with Crippen LogP contribution in [-0.2, 0) is 4.79 Å². The molecule has 0 unspecified atom stereocenters. The summed E-state index contributed by atoms with van der Waals surface area (Å²) in [4.78, 5) is 28.3. The molecule has 20 heavy (non-hydrogen) atoms. The van der Waals surface area contributed by atoms with E-state index in [0.717, 1.165) is 37.9 Å². The zero-order valence-electron chi connectivity index (χ0n) is 11.6. The summed E-state index contributed by atoms with van der Waals surface area (Å²) in [6, 6.07) is 9.37. The van der Waals surface area contributed by atoms with E-state index in [1.54, 1.807) is 0 Å². The van der Waals surface area contributed by atoms with Crippen molar-refractivity contribution in [3.05, 3.63) is 35.9 Å². The molecule has 0 radical (unpaired) electrons. The van der Waals surface area contributed by atoms with Gasteiger partial charge in [0.1, 0.15) is 0 Å². The fraction of sp³-hybridized carbons (Fsp3) is 0.500. The van der Waals surface area contributed by atoms with Gasteiger partial charge in [0.15, 0.2) is 0 Å². The number of hydrogen-bond acceptors (Lipinski definition) is 2. The highest BCUT2D eigenvalue weighted by Gasteiger charge is 2.34. The van der Waals surface area contributed by atoms with Crippen LogP contribution in [0.2, 0.25) is 0 Å². The van der Waals surface area contributed by atoms with Crippen molar-refractivity contribution in [3.63, 3.8) is 0 Å². The Labute approximate surface area is 119 Å². The van der Waals surface area contributed by atoms with Gasteiger partial charge < -0.3 is 9.80 Å². The number of benzene rings is 1. The molecule has 0 atom stereocenters. The lowest BCUT2D eigenvalue weighted by Gasteiger charge is -2.22. The number of amides is 2. The number of nitrogens with zero attached hydrogens (tertiary/aromatic N) is 2. The van der Waals surface area contributed by atoms with E-state index in [4.69, 9.17) is 0 Å². The molecule has 1 saturated carbocycles. The summed E-state index contributed by atoms with van der Waals surface area (Å²) in [5, 5.41) is 0. The average molecular weight is 272 g/mol. The van der Waals surface area contributed by atoms with Crippen molar-refractivity contribution in [1.29, 1.82) is 0 Å². The zero-order chi connectivity index (χ0) is 13.9. The van der Waals surface area contributed by atoms with Crippen LogP contribution in [0.5, 0.6) is 0 Å². The van der Waals surface area contributed by atoms with E-state index < -0.39 is 0 Å². The summed E-state index contributed by atoms with van der Waals surface area (Å²) in [5.41, 5.74) is 0.731. The molecular formula is C16H20N2O2. The van der Waals surface area contributed by atoms with Gasteiger partial charge in [0.2, 0.25) is 5.91 Å². The second-order valence-electron chi connectivity index (χ2n) is 5.61. The minimum Gasteiger partial charge on any atom is -0.341 e. The van der Waals surface area contributed by atoms with Crippen LogP contribution in [0.25, 0.3) is 0 Å². The Morgan fingerprint density at radius 1 is 0.900 bits per heavy atom. The molecule has 2 amide bonds. The third-order valence-corrected chi connectivity index (χ3v) is 4.04. The topological polar surface area (TPSA) is 40.6 Å². The first kappa shape index (κ1) is 13.2. The van der Waals surface area contributed by atoms with Crippen LogP contribution in [0.1, 0.15) is 29.6 Å². The van der Waals surface area contributed by atoms with Crippen LogP contribution in [0, 0.1) is 5.92 Å². The van der Waals surface area contributed by atoms with Crippen molar-refractivity contribution in [2.24, 2.45) is 5.92 Å². The molecule has 3 rings (SSSR count). The van der Waals surface area contributed by atoms with Crippen LogP contribution in [0.15, 0.2) is 30.3 Å². The predicted molar refractivity (Wildman–Crippen MR) is 76.3 cm³/mol. The summed E-state index contributed by atoms with van der Waals surface area (Å²) >= 11 is 0. The molecule has 0 spiro atoms. The molecule has 1 aliphatic carbocycles. The maximum absolute atomic E-state index is 12.4. The molecule has 2 aliphatic rings. The van der Waals surface area contributed by atoms with E-state index in [2.05, 4.69) is 0 Å². The zero-order valence-corrected chi connectivity index (χ0v) is 11.6. The van der Waals surface area contributed by atoms with E-state index in [1.165, 1.54) is 0 Å². The van der Waals surface area contributed by atoms with Crippen LogP contribution in [-0.4, -0.2) is 47.8 Å². The van der Waals surface area contributed by atoms with E-state index >= 15 is 0 Å². The van der Waals surface area contributed by atoms with Gasteiger partial charge in [-0.2, -0.15) is 0 Å². The molecule has 4 heteroatoms. The first-order chi connectivity index (χ1) is 9.75. The van der Waals surface area contributed by atoms with Gasteiger partial charge >= 0.3 is 0 Å². The Kier molecular flexibility index (Phi) is 3.72. The molecule has 1 aliphatic heterocycles. The van der Waals surface area contributed by atoms with Crippen molar-refractivity contribution in [2.45, 2.75) is 19.3 Å². The minimum absolute atomic E-state index is 0.0753. The van der Waals surface area contributed by atoms with Crippen molar-refractivity contribution in [3.8, 4) is 0 Å². The molecule has 2 fully saturated rings. The fourth-order valence-electron chi connectivity index (χ4n) is 2.69. The molecule has 4 nitrogen and oxygen atoms in total. The van der Waals surface area contributed by atoms with Gasteiger partial charge in [-0.1, -0.05) is 18.2 Å². The van der Waals surface area contributed by atoms with Gasteiger partial charge in [-0.25, -0.2) is 0 Å². The molecule has 0 bridgehead atoms. The first-order valence-corrected chi connectivity index (χ1v) is 7.39. The van der Waals surface area contributed by atoms with Crippen LogP contribution >= 0.6 is 0 Å². The Hall–Kier alpha value is -1.84. The molecule has 1 heterocycles. The quantitative estimate of drug-likeness (QED) is 0.823. The first-order valence-electron chi connectivity index (χ1n) is 7.39. The molecule has 1 aromatic rings. The van der Waals surface area contributed by atoms with E-state index in [0.29, 0.717) is 19.0 Å². The summed E-state index contributed by atoms with van der Waals surface area (Å²) in [5.74, 6) is 0.636. The van der Waals surface area contributed by atoms with Gasteiger partial charge in [0.05, 0.1) is 0 Å². The third-order valence-electron chi connectivity index (χ3n) is 4.04. The summed E-state index contributed by atoms with van der Waals surface area (Å²) in [6.07, 6.45) is 2.96. The van der Waals surface area contributed by atoms with E-state index in [-0.39, 0.29) is 11.8 Å². The Bertz CT molecular complexity index is 496. The van der Waals surface area contributed by atoms with E-state index in [1.807, 2.05) is 40.1 Å². The molecule has 0 N–H and O–H groups in total. The predicted octanol–water partition coefficient (Wildman–Crippen LogP) is 1.77. The SMILES string of the molecule is O=C(c1ccccc1)N1CCCN(C(=O)C2CC2)CC1. The fourth-order valence-corrected chi connectivity index (χ4v) is 2.69.